The summed E-state index contributed by atoms with van der Waals surface area (Å²) in [4.78, 5) is 3.97. The number of benzene rings is 1. The van der Waals surface area contributed by atoms with Crippen molar-refractivity contribution in [3.63, 3.8) is 0 Å². The van der Waals surface area contributed by atoms with Gasteiger partial charge in [0.25, 0.3) is 0 Å². The molecule has 3 heteroatoms. The van der Waals surface area contributed by atoms with Gasteiger partial charge in [-0.25, -0.2) is 4.98 Å². The standard InChI is InChI=1S/C15H19NO2/c1-3-11-5-6-13(12(4-2)9-17)7-14(11)15-8-16-10-18-15/h5-8,10,12,17H,3-4,9H2,1-2H3. The van der Waals surface area contributed by atoms with Crippen molar-refractivity contribution in [2.24, 2.45) is 0 Å². The molecule has 1 N–H and O–H groups in total. The summed E-state index contributed by atoms with van der Waals surface area (Å²) in [7, 11) is 0. The molecule has 0 saturated heterocycles. The van der Waals surface area contributed by atoms with E-state index >= 15 is 0 Å². The van der Waals surface area contributed by atoms with Crippen LogP contribution in [-0.2, 0) is 6.42 Å². The van der Waals surface area contributed by atoms with Crippen molar-refractivity contribution < 1.29 is 9.52 Å². The summed E-state index contributed by atoms with van der Waals surface area (Å²) in [6, 6.07) is 6.33. The van der Waals surface area contributed by atoms with Crippen LogP contribution in [0, 0.1) is 0 Å². The van der Waals surface area contributed by atoms with Crippen molar-refractivity contribution in [1.82, 2.24) is 4.98 Å². The number of aliphatic hydroxyl groups is 1. The van der Waals surface area contributed by atoms with E-state index in [4.69, 9.17) is 4.42 Å². The summed E-state index contributed by atoms with van der Waals surface area (Å²) in [5, 5.41) is 9.39. The number of aryl methyl sites for hydroxylation is 1. The largest absolute Gasteiger partial charge is 0.444 e. The Morgan fingerprint density at radius 2 is 2.17 bits per heavy atom. The second-order valence-electron chi connectivity index (χ2n) is 4.42. The lowest BCUT2D eigenvalue weighted by molar-refractivity contribution is 0.262. The van der Waals surface area contributed by atoms with Crippen LogP contribution in [-0.4, -0.2) is 16.7 Å². The third kappa shape index (κ3) is 2.46. The average Bonchev–Trinajstić information content (AvgIpc) is 2.94. The topological polar surface area (TPSA) is 46.3 Å². The minimum Gasteiger partial charge on any atom is -0.444 e. The van der Waals surface area contributed by atoms with Crippen molar-refractivity contribution in [3.05, 3.63) is 41.9 Å². The molecule has 3 nitrogen and oxygen atoms in total. The number of rotatable bonds is 5. The fourth-order valence-electron chi connectivity index (χ4n) is 2.20. The number of hydrogen-bond acceptors (Lipinski definition) is 3. The zero-order valence-corrected chi connectivity index (χ0v) is 10.9. The normalized spacial score (nSPS) is 12.6. The Morgan fingerprint density at radius 1 is 1.33 bits per heavy atom. The van der Waals surface area contributed by atoms with Gasteiger partial charge in [-0.05, 0) is 30.0 Å². The van der Waals surface area contributed by atoms with Crippen LogP contribution >= 0.6 is 0 Å². The van der Waals surface area contributed by atoms with Crippen molar-refractivity contribution >= 4 is 0 Å². The highest BCUT2D eigenvalue weighted by Gasteiger charge is 2.13. The second kappa shape index (κ2) is 5.83. The first kappa shape index (κ1) is 12.8. The second-order valence-corrected chi connectivity index (χ2v) is 4.42. The minimum absolute atomic E-state index is 0.178. The number of aromatic nitrogens is 1. The maximum atomic E-state index is 9.39. The molecule has 96 valence electrons. The molecule has 0 amide bonds. The highest BCUT2D eigenvalue weighted by molar-refractivity contribution is 5.62. The van der Waals surface area contributed by atoms with E-state index in [1.165, 1.54) is 12.0 Å². The lowest BCUT2D eigenvalue weighted by Gasteiger charge is -2.14. The lowest BCUT2D eigenvalue weighted by atomic mass is 9.92. The van der Waals surface area contributed by atoms with Crippen LogP contribution in [0.2, 0.25) is 0 Å². The quantitative estimate of drug-likeness (QED) is 0.878. The summed E-state index contributed by atoms with van der Waals surface area (Å²) in [5.74, 6) is 0.985. The SMILES string of the molecule is CCc1ccc(C(CC)CO)cc1-c1cnco1. The van der Waals surface area contributed by atoms with E-state index in [2.05, 4.69) is 37.0 Å². The highest BCUT2D eigenvalue weighted by atomic mass is 16.3. The molecule has 2 rings (SSSR count). The predicted octanol–water partition coefficient (Wildman–Crippen LogP) is 3.39. The molecule has 2 aromatic rings. The van der Waals surface area contributed by atoms with Gasteiger partial charge in [-0.15, -0.1) is 0 Å². The number of oxazole rings is 1. The first-order valence-corrected chi connectivity index (χ1v) is 6.42. The molecule has 0 aliphatic heterocycles. The molecule has 1 aromatic heterocycles. The molecule has 0 aliphatic rings. The van der Waals surface area contributed by atoms with E-state index in [0.717, 1.165) is 29.7 Å². The van der Waals surface area contributed by atoms with E-state index < -0.39 is 0 Å². The first-order valence-electron chi connectivity index (χ1n) is 6.42. The van der Waals surface area contributed by atoms with Gasteiger partial charge in [-0.2, -0.15) is 0 Å². The molecule has 0 spiro atoms. The van der Waals surface area contributed by atoms with Crippen molar-refractivity contribution in [2.75, 3.05) is 6.61 Å². The average molecular weight is 245 g/mol. The molecule has 0 bridgehead atoms. The van der Waals surface area contributed by atoms with E-state index in [0.29, 0.717) is 0 Å². The summed E-state index contributed by atoms with van der Waals surface area (Å²) < 4.78 is 5.39. The van der Waals surface area contributed by atoms with Gasteiger partial charge < -0.3 is 9.52 Å². The van der Waals surface area contributed by atoms with Gasteiger partial charge in [0.1, 0.15) is 0 Å². The van der Waals surface area contributed by atoms with Crippen molar-refractivity contribution in [3.8, 4) is 11.3 Å². The Labute approximate surface area is 107 Å². The molecule has 1 atom stereocenters. The van der Waals surface area contributed by atoms with Crippen molar-refractivity contribution in [2.45, 2.75) is 32.6 Å². The van der Waals surface area contributed by atoms with E-state index in [-0.39, 0.29) is 12.5 Å². The zero-order valence-electron chi connectivity index (χ0n) is 10.9. The van der Waals surface area contributed by atoms with Crippen LogP contribution in [0.15, 0.2) is 35.2 Å². The smallest absolute Gasteiger partial charge is 0.181 e. The van der Waals surface area contributed by atoms with Gasteiger partial charge in [-0.3, -0.25) is 0 Å². The van der Waals surface area contributed by atoms with Gasteiger partial charge in [0.05, 0.1) is 6.20 Å². The van der Waals surface area contributed by atoms with E-state index in [1.807, 2.05) is 0 Å². The summed E-state index contributed by atoms with van der Waals surface area (Å²) in [6.45, 7) is 4.39. The predicted molar refractivity (Wildman–Crippen MR) is 71.4 cm³/mol. The van der Waals surface area contributed by atoms with Crippen LogP contribution in [0.4, 0.5) is 0 Å². The molecular formula is C15H19NO2. The van der Waals surface area contributed by atoms with Crippen LogP contribution in [0.5, 0.6) is 0 Å². The van der Waals surface area contributed by atoms with Gasteiger partial charge in [0.15, 0.2) is 12.2 Å². The van der Waals surface area contributed by atoms with Crippen LogP contribution in [0.1, 0.15) is 37.3 Å². The fraction of sp³-hybridized carbons (Fsp3) is 0.400. The molecule has 0 aliphatic carbocycles. The monoisotopic (exact) mass is 245 g/mol. The maximum Gasteiger partial charge on any atom is 0.181 e. The number of hydrogen-bond donors (Lipinski definition) is 1. The Bertz CT molecular complexity index is 487. The Kier molecular flexibility index (Phi) is 4.15. The highest BCUT2D eigenvalue weighted by Crippen LogP contribution is 2.29. The third-order valence-corrected chi connectivity index (χ3v) is 3.40. The first-order chi connectivity index (χ1) is 8.80. The Hall–Kier alpha value is -1.61. The summed E-state index contributed by atoms with van der Waals surface area (Å²) in [5.41, 5.74) is 3.48. The molecule has 1 aromatic carbocycles. The van der Waals surface area contributed by atoms with Gasteiger partial charge in [0, 0.05) is 18.1 Å². The summed E-state index contributed by atoms with van der Waals surface area (Å²) >= 11 is 0. The zero-order chi connectivity index (χ0) is 13.0. The van der Waals surface area contributed by atoms with Crippen LogP contribution < -0.4 is 0 Å². The van der Waals surface area contributed by atoms with Gasteiger partial charge in [-0.1, -0.05) is 26.0 Å². The van der Waals surface area contributed by atoms with E-state index in [1.54, 1.807) is 6.20 Å². The Morgan fingerprint density at radius 3 is 2.72 bits per heavy atom. The van der Waals surface area contributed by atoms with Crippen LogP contribution in [0.3, 0.4) is 0 Å². The lowest BCUT2D eigenvalue weighted by Crippen LogP contribution is -2.03. The summed E-state index contributed by atoms with van der Waals surface area (Å²) in [6.07, 6.45) is 5.06. The van der Waals surface area contributed by atoms with E-state index in [9.17, 15) is 5.11 Å². The molecule has 0 saturated carbocycles. The number of nitrogens with zero attached hydrogens (tertiary/aromatic N) is 1. The maximum absolute atomic E-state index is 9.39. The molecule has 18 heavy (non-hydrogen) atoms. The molecule has 0 fully saturated rings. The third-order valence-electron chi connectivity index (χ3n) is 3.40. The molecule has 1 unspecified atom stereocenters. The van der Waals surface area contributed by atoms with Crippen LogP contribution in [0.25, 0.3) is 11.3 Å². The minimum atomic E-state index is 0.178. The van der Waals surface area contributed by atoms with Gasteiger partial charge in [0.2, 0.25) is 0 Å². The molecule has 0 radical (unpaired) electrons. The molecule has 1 heterocycles. The van der Waals surface area contributed by atoms with Gasteiger partial charge >= 0.3 is 0 Å². The number of aliphatic hydroxyl groups excluding tert-OH is 1. The fourth-order valence-corrected chi connectivity index (χ4v) is 2.20. The molecular weight excluding hydrogens is 226 g/mol. The Balaban J connectivity index is 2.46. The van der Waals surface area contributed by atoms with Crippen molar-refractivity contribution in [1.29, 1.82) is 0 Å².